The molecule has 0 amide bonds. The molecule has 1 aliphatic heterocycles. The van der Waals surface area contributed by atoms with Gasteiger partial charge in [0.1, 0.15) is 7.11 Å². The number of allylic oxidation sites excluding steroid dienone is 2. The molecular weight excluding hydrogens is 408 g/mol. The molecule has 0 fully saturated rings. The predicted octanol–water partition coefficient (Wildman–Crippen LogP) is 2.51. The zero-order valence-corrected chi connectivity index (χ0v) is 18.7. The van der Waals surface area contributed by atoms with Gasteiger partial charge in [-0.2, -0.15) is 0 Å². The molecule has 1 aromatic carbocycles. The van der Waals surface area contributed by atoms with Crippen LogP contribution in [0.1, 0.15) is 52.7 Å². The highest BCUT2D eigenvalue weighted by atomic mass is 32.2. The molecule has 0 saturated carbocycles. The average molecular weight is 435 g/mol. The molecule has 9 heteroatoms. The summed E-state index contributed by atoms with van der Waals surface area (Å²) in [6.45, 7) is 3.34. The van der Waals surface area contributed by atoms with Crippen molar-refractivity contribution in [1.82, 2.24) is 5.06 Å². The Morgan fingerprint density at radius 1 is 1.17 bits per heavy atom. The number of nitrogens with zero attached hydrogens (tertiary/aromatic N) is 2. The molecule has 0 radical (unpaired) electrons. The Hall–Kier alpha value is -2.52. The Balaban J connectivity index is 2.28. The largest absolute Gasteiger partial charge is 0.399 e. The number of fused-ring (bicyclic) bond motifs is 1. The summed E-state index contributed by atoms with van der Waals surface area (Å²) in [6, 6.07) is 1.56. The number of rotatable bonds is 5. The second kappa shape index (κ2) is 8.31. The summed E-state index contributed by atoms with van der Waals surface area (Å²) in [5.74, 6) is -0.734. The van der Waals surface area contributed by atoms with Crippen molar-refractivity contribution in [2.45, 2.75) is 44.4 Å². The van der Waals surface area contributed by atoms with Gasteiger partial charge in [0.25, 0.3) is 0 Å². The first-order valence-corrected chi connectivity index (χ1v) is 11.4. The van der Waals surface area contributed by atoms with Crippen LogP contribution in [0.4, 0.5) is 0 Å². The molecule has 1 aromatic rings. The minimum atomic E-state index is -3.51. The fraction of sp³-hybridized carbons (Fsp3) is 0.476. The molecule has 1 heterocycles. The number of Topliss-reactive ketones (excluding diaryl/α,β-unsaturated/α-hetero) is 2. The lowest BCUT2D eigenvalue weighted by Gasteiger charge is -2.27. The highest BCUT2D eigenvalue weighted by Gasteiger charge is 2.36. The number of aryl methyl sites for hydroxylation is 1. The Morgan fingerprint density at radius 2 is 1.87 bits per heavy atom. The van der Waals surface area contributed by atoms with E-state index < -0.39 is 15.6 Å². The van der Waals surface area contributed by atoms with Gasteiger partial charge in [-0.05, 0) is 43.9 Å². The Kier molecular flexibility index (Phi) is 6.14. The summed E-state index contributed by atoms with van der Waals surface area (Å²) in [6.07, 6.45) is 1.67. The zero-order chi connectivity index (χ0) is 22.2. The molecule has 0 unspecified atom stereocenters. The topological polar surface area (TPSA) is 102 Å². The minimum absolute atomic E-state index is 0.0673. The van der Waals surface area contributed by atoms with E-state index in [9.17, 15) is 18.0 Å². The van der Waals surface area contributed by atoms with Gasteiger partial charge in [-0.1, -0.05) is 5.16 Å². The maximum Gasteiger partial charge on any atom is 0.198 e. The number of hydrogen-bond acceptors (Lipinski definition) is 8. The lowest BCUT2D eigenvalue weighted by molar-refractivity contribution is -0.117. The van der Waals surface area contributed by atoms with E-state index in [1.54, 1.807) is 27.0 Å². The maximum atomic E-state index is 13.5. The van der Waals surface area contributed by atoms with Crippen molar-refractivity contribution < 1.29 is 27.7 Å². The van der Waals surface area contributed by atoms with Crippen molar-refractivity contribution in [2.75, 3.05) is 27.0 Å². The van der Waals surface area contributed by atoms with Crippen molar-refractivity contribution in [2.24, 2.45) is 5.16 Å². The van der Waals surface area contributed by atoms with E-state index in [4.69, 9.17) is 9.68 Å². The number of hydrogen-bond donors (Lipinski definition) is 0. The fourth-order valence-electron chi connectivity index (χ4n) is 4.18. The summed E-state index contributed by atoms with van der Waals surface area (Å²) in [7, 11) is 1.01. The molecule has 0 bridgehead atoms. The van der Waals surface area contributed by atoms with Gasteiger partial charge in [0.05, 0.1) is 34.7 Å². The highest BCUT2D eigenvalue weighted by molar-refractivity contribution is 7.91. The average Bonchev–Trinajstić information content (AvgIpc) is 2.70. The second-order valence-electron chi connectivity index (χ2n) is 7.47. The second-order valence-corrected chi connectivity index (χ2v) is 9.51. The van der Waals surface area contributed by atoms with E-state index in [1.165, 1.54) is 19.3 Å². The van der Waals surface area contributed by atoms with Crippen LogP contribution in [0, 0.1) is 13.8 Å². The lowest BCUT2D eigenvalue weighted by Crippen LogP contribution is -2.29. The molecule has 0 aromatic heterocycles. The van der Waals surface area contributed by atoms with Crippen LogP contribution in [0.3, 0.4) is 0 Å². The number of carbonyl (C=O) groups is 2. The Morgan fingerprint density at radius 3 is 2.50 bits per heavy atom. The van der Waals surface area contributed by atoms with Crippen molar-refractivity contribution in [3.63, 3.8) is 0 Å². The summed E-state index contributed by atoms with van der Waals surface area (Å²) >= 11 is 0. The van der Waals surface area contributed by atoms with Crippen molar-refractivity contribution in [3.05, 3.63) is 39.6 Å². The van der Waals surface area contributed by atoms with Crippen LogP contribution in [0.25, 0.3) is 0 Å². The number of carbonyl (C=O) groups excluding carboxylic acids is 2. The molecular formula is C21H26N2O6S. The first kappa shape index (κ1) is 22.2. The lowest BCUT2D eigenvalue weighted by atomic mass is 9.85. The molecule has 162 valence electrons. The van der Waals surface area contributed by atoms with E-state index >= 15 is 0 Å². The van der Waals surface area contributed by atoms with Gasteiger partial charge < -0.3 is 4.84 Å². The molecule has 2 aliphatic rings. The van der Waals surface area contributed by atoms with Crippen LogP contribution in [0.2, 0.25) is 0 Å². The third-order valence-corrected chi connectivity index (χ3v) is 7.53. The number of hydroxylamine groups is 2. The Labute approximate surface area is 176 Å². The number of benzene rings is 1. The summed E-state index contributed by atoms with van der Waals surface area (Å²) in [5.41, 5.74) is 2.73. The third-order valence-electron chi connectivity index (χ3n) is 5.64. The molecule has 30 heavy (non-hydrogen) atoms. The Bertz CT molecular complexity index is 1090. The molecule has 1 aliphatic carbocycles. The zero-order valence-electron chi connectivity index (χ0n) is 17.9. The van der Waals surface area contributed by atoms with Gasteiger partial charge in [0.15, 0.2) is 21.4 Å². The fourth-order valence-corrected chi connectivity index (χ4v) is 5.98. The predicted molar refractivity (Wildman–Crippen MR) is 111 cm³/mol. The van der Waals surface area contributed by atoms with Crippen LogP contribution in [-0.4, -0.2) is 57.8 Å². The summed E-state index contributed by atoms with van der Waals surface area (Å²) in [4.78, 5) is 36.6. The van der Waals surface area contributed by atoms with E-state index in [2.05, 4.69) is 5.16 Å². The first-order valence-electron chi connectivity index (χ1n) is 9.70. The maximum absolute atomic E-state index is 13.5. The monoisotopic (exact) mass is 434 g/mol. The molecule has 0 atom stereocenters. The standard InChI is InChI=1S/C21H26N2O6S/c1-12-11-14(20(25)19-16(23(3)29-5)7-6-8-17(19)24)13(2)18-15(22-28-4)9-10-30(26,27)21(12)18/h11H,6-10H2,1-5H3. The van der Waals surface area contributed by atoms with E-state index in [0.29, 0.717) is 46.5 Å². The summed E-state index contributed by atoms with van der Waals surface area (Å²) < 4.78 is 25.5. The van der Waals surface area contributed by atoms with Gasteiger partial charge in [-0.3, -0.25) is 19.5 Å². The van der Waals surface area contributed by atoms with Gasteiger partial charge in [-0.25, -0.2) is 8.42 Å². The highest BCUT2D eigenvalue weighted by Crippen LogP contribution is 2.35. The number of oxime groups is 1. The van der Waals surface area contributed by atoms with Crippen LogP contribution in [-0.2, 0) is 24.3 Å². The van der Waals surface area contributed by atoms with E-state index in [1.807, 2.05) is 0 Å². The molecule has 8 nitrogen and oxygen atoms in total. The number of sulfone groups is 1. The third kappa shape index (κ3) is 3.67. The van der Waals surface area contributed by atoms with Gasteiger partial charge in [0.2, 0.25) is 0 Å². The minimum Gasteiger partial charge on any atom is -0.399 e. The molecule has 0 spiro atoms. The first-order chi connectivity index (χ1) is 14.1. The van der Waals surface area contributed by atoms with E-state index in [-0.39, 0.29) is 34.8 Å². The number of ketones is 2. The normalized spacial score (nSPS) is 19.6. The molecule has 3 rings (SSSR count). The summed E-state index contributed by atoms with van der Waals surface area (Å²) in [5, 5.41) is 5.45. The smallest absolute Gasteiger partial charge is 0.198 e. The SMILES string of the molecule is CON=C1CCS(=O)(=O)c2c(C)cc(C(=O)C3=C(N(C)OC)CCCC3=O)c(C)c21. The van der Waals surface area contributed by atoms with Crippen molar-refractivity contribution in [1.29, 1.82) is 0 Å². The van der Waals surface area contributed by atoms with Gasteiger partial charge >= 0.3 is 0 Å². The van der Waals surface area contributed by atoms with Crippen molar-refractivity contribution >= 4 is 27.1 Å². The van der Waals surface area contributed by atoms with Crippen LogP contribution in [0.5, 0.6) is 0 Å². The van der Waals surface area contributed by atoms with Crippen LogP contribution in [0.15, 0.2) is 27.4 Å². The van der Waals surface area contributed by atoms with Gasteiger partial charge in [-0.15, -0.1) is 0 Å². The quantitative estimate of drug-likeness (QED) is 0.399. The van der Waals surface area contributed by atoms with Crippen LogP contribution >= 0.6 is 0 Å². The van der Waals surface area contributed by atoms with E-state index in [0.717, 1.165) is 0 Å². The molecule has 0 N–H and O–H groups in total. The van der Waals surface area contributed by atoms with Crippen LogP contribution < -0.4 is 0 Å². The molecule has 0 saturated heterocycles. The van der Waals surface area contributed by atoms with Crippen molar-refractivity contribution in [3.8, 4) is 0 Å². The van der Waals surface area contributed by atoms with Gasteiger partial charge in [0, 0.05) is 31.0 Å².